The van der Waals surface area contributed by atoms with Crippen molar-refractivity contribution in [2.75, 3.05) is 41.3 Å². The number of benzene rings is 1. The second kappa shape index (κ2) is 7.93. The number of fused-ring (bicyclic) bond motifs is 1. The van der Waals surface area contributed by atoms with Crippen molar-refractivity contribution < 1.29 is 4.42 Å². The lowest BCUT2D eigenvalue weighted by molar-refractivity contribution is 0.560. The fourth-order valence-corrected chi connectivity index (χ4v) is 4.24. The Kier molecular flexibility index (Phi) is 4.98. The highest BCUT2D eigenvalue weighted by molar-refractivity contribution is 5.83. The summed E-state index contributed by atoms with van der Waals surface area (Å²) in [6.07, 6.45) is 5.91. The largest absolute Gasteiger partial charge is 0.423 e. The molecule has 4 heterocycles. The summed E-state index contributed by atoms with van der Waals surface area (Å²) in [5, 5.41) is 4.22. The van der Waals surface area contributed by atoms with E-state index in [1.165, 1.54) is 12.5 Å². The summed E-state index contributed by atoms with van der Waals surface area (Å²) in [5.74, 6) is 1.98. The van der Waals surface area contributed by atoms with Gasteiger partial charge in [-0.05, 0) is 56.7 Å². The molecule has 0 spiro atoms. The fourth-order valence-electron chi connectivity index (χ4n) is 4.24. The molecule has 0 atom stereocenters. The van der Waals surface area contributed by atoms with E-state index in [-0.39, 0.29) is 5.63 Å². The van der Waals surface area contributed by atoms with Gasteiger partial charge in [-0.25, -0.2) is 4.79 Å². The Balaban J connectivity index is 1.50. The van der Waals surface area contributed by atoms with Crippen LogP contribution in [0.2, 0.25) is 0 Å². The van der Waals surface area contributed by atoms with E-state index >= 15 is 0 Å². The highest BCUT2D eigenvalue weighted by atomic mass is 16.4. The van der Waals surface area contributed by atoms with Crippen LogP contribution in [-0.2, 0) is 0 Å². The number of aromatic nitrogens is 3. The maximum absolute atomic E-state index is 11.8. The van der Waals surface area contributed by atoms with E-state index in [1.54, 1.807) is 0 Å². The molecule has 0 amide bonds. The van der Waals surface area contributed by atoms with Gasteiger partial charge in [0.15, 0.2) is 0 Å². The Bertz CT molecular complexity index is 1120. The minimum Gasteiger partial charge on any atom is -0.423 e. The molecule has 0 unspecified atom stereocenters. The molecule has 0 radical (unpaired) electrons. The number of aryl methyl sites for hydroxylation is 1. The lowest BCUT2D eigenvalue weighted by Gasteiger charge is -2.27. The van der Waals surface area contributed by atoms with Gasteiger partial charge in [-0.3, -0.25) is 0 Å². The first kappa shape index (κ1) is 18.8. The summed E-state index contributed by atoms with van der Waals surface area (Å²) in [7, 11) is 0. The van der Waals surface area contributed by atoms with Gasteiger partial charge in [0.2, 0.25) is 17.8 Å². The molecule has 0 bridgehead atoms. The number of anilines is 4. The summed E-state index contributed by atoms with van der Waals surface area (Å²) >= 11 is 0. The summed E-state index contributed by atoms with van der Waals surface area (Å²) in [6.45, 7) is 5.81. The molecule has 5 rings (SSSR count). The third-order valence-electron chi connectivity index (χ3n) is 5.85. The summed E-state index contributed by atoms with van der Waals surface area (Å²) in [5.41, 5.74) is 1.88. The lowest BCUT2D eigenvalue weighted by Crippen LogP contribution is -2.32. The number of rotatable bonds is 4. The molecule has 2 aromatic heterocycles. The van der Waals surface area contributed by atoms with Crippen molar-refractivity contribution >= 4 is 34.5 Å². The molecule has 8 nitrogen and oxygen atoms in total. The first-order valence-corrected chi connectivity index (χ1v) is 10.7. The van der Waals surface area contributed by atoms with Crippen molar-refractivity contribution in [3.05, 3.63) is 40.2 Å². The van der Waals surface area contributed by atoms with Crippen molar-refractivity contribution in [2.45, 2.75) is 39.0 Å². The molecule has 2 fully saturated rings. The van der Waals surface area contributed by atoms with Crippen molar-refractivity contribution in [3.8, 4) is 0 Å². The minimum atomic E-state index is -0.346. The van der Waals surface area contributed by atoms with Gasteiger partial charge in [0.05, 0.1) is 0 Å². The van der Waals surface area contributed by atoms with E-state index in [1.807, 2.05) is 25.1 Å². The van der Waals surface area contributed by atoms with Crippen LogP contribution in [0.5, 0.6) is 0 Å². The molecule has 2 aliphatic rings. The number of nitrogens with zero attached hydrogens (tertiary/aromatic N) is 5. The number of hydrogen-bond acceptors (Lipinski definition) is 8. The van der Waals surface area contributed by atoms with E-state index < -0.39 is 0 Å². The smallest absolute Gasteiger partial charge is 0.336 e. The number of nitrogens with one attached hydrogen (secondary N) is 1. The summed E-state index contributed by atoms with van der Waals surface area (Å²) in [4.78, 5) is 30.4. The Morgan fingerprint density at radius 2 is 1.50 bits per heavy atom. The van der Waals surface area contributed by atoms with E-state index in [9.17, 15) is 4.79 Å². The van der Waals surface area contributed by atoms with Crippen LogP contribution in [0.1, 0.15) is 37.7 Å². The van der Waals surface area contributed by atoms with Gasteiger partial charge in [-0.2, -0.15) is 15.0 Å². The van der Waals surface area contributed by atoms with Gasteiger partial charge in [-0.1, -0.05) is 0 Å². The molecule has 8 heteroatoms. The van der Waals surface area contributed by atoms with E-state index in [0.29, 0.717) is 11.5 Å². The van der Waals surface area contributed by atoms with Crippen LogP contribution in [0, 0.1) is 6.92 Å². The Morgan fingerprint density at radius 3 is 2.17 bits per heavy atom. The average molecular weight is 406 g/mol. The van der Waals surface area contributed by atoms with Gasteiger partial charge in [0.25, 0.3) is 0 Å². The normalized spacial score (nSPS) is 17.0. The SMILES string of the molecule is Cc1cc(=O)oc2cc(Nc3nc(N4CCCCC4)nc(N4CCCC4)n3)ccc12. The maximum atomic E-state index is 11.8. The van der Waals surface area contributed by atoms with Crippen molar-refractivity contribution in [3.63, 3.8) is 0 Å². The van der Waals surface area contributed by atoms with Gasteiger partial charge in [-0.15, -0.1) is 0 Å². The standard InChI is InChI=1S/C22H26N6O2/c1-15-13-19(29)30-18-14-16(7-8-17(15)18)23-20-24-21(27-9-3-2-4-10-27)26-22(25-20)28-11-5-6-12-28/h7-8,13-14H,2-6,9-12H2,1H3,(H,23,24,25,26). The zero-order valence-electron chi connectivity index (χ0n) is 17.2. The Hall–Kier alpha value is -3.16. The van der Waals surface area contributed by atoms with Crippen molar-refractivity contribution in [1.82, 2.24) is 15.0 Å². The lowest BCUT2D eigenvalue weighted by atomic mass is 10.1. The van der Waals surface area contributed by atoms with Crippen LogP contribution in [-0.4, -0.2) is 41.1 Å². The van der Waals surface area contributed by atoms with Crippen LogP contribution in [0.3, 0.4) is 0 Å². The molecule has 2 aliphatic heterocycles. The van der Waals surface area contributed by atoms with E-state index in [4.69, 9.17) is 19.4 Å². The zero-order valence-corrected chi connectivity index (χ0v) is 17.2. The molecule has 1 aromatic carbocycles. The maximum Gasteiger partial charge on any atom is 0.336 e. The molecule has 0 saturated carbocycles. The van der Waals surface area contributed by atoms with E-state index in [2.05, 4.69) is 15.1 Å². The van der Waals surface area contributed by atoms with Gasteiger partial charge in [0.1, 0.15) is 5.58 Å². The molecule has 0 aliphatic carbocycles. The quantitative estimate of drug-likeness (QED) is 0.658. The number of hydrogen-bond donors (Lipinski definition) is 1. The third-order valence-corrected chi connectivity index (χ3v) is 5.85. The van der Waals surface area contributed by atoms with Crippen LogP contribution in [0.25, 0.3) is 11.0 Å². The van der Waals surface area contributed by atoms with Crippen LogP contribution >= 0.6 is 0 Å². The van der Waals surface area contributed by atoms with Crippen molar-refractivity contribution in [1.29, 1.82) is 0 Å². The molecule has 30 heavy (non-hydrogen) atoms. The second-order valence-corrected chi connectivity index (χ2v) is 8.09. The monoisotopic (exact) mass is 406 g/mol. The van der Waals surface area contributed by atoms with Crippen LogP contribution < -0.4 is 20.7 Å². The van der Waals surface area contributed by atoms with E-state index in [0.717, 1.165) is 80.4 Å². The van der Waals surface area contributed by atoms with Gasteiger partial charge >= 0.3 is 5.63 Å². The zero-order chi connectivity index (χ0) is 20.5. The molecular formula is C22H26N6O2. The molecule has 156 valence electrons. The third kappa shape index (κ3) is 3.81. The first-order valence-electron chi connectivity index (χ1n) is 10.7. The number of piperidine rings is 1. The van der Waals surface area contributed by atoms with Crippen LogP contribution in [0.15, 0.2) is 33.5 Å². The van der Waals surface area contributed by atoms with Gasteiger partial charge < -0.3 is 19.5 Å². The van der Waals surface area contributed by atoms with Crippen molar-refractivity contribution in [2.24, 2.45) is 0 Å². The Labute approximate surface area is 175 Å². The predicted octanol–water partition coefficient (Wildman–Crippen LogP) is 3.62. The topological polar surface area (TPSA) is 87.4 Å². The van der Waals surface area contributed by atoms with Gasteiger partial charge in [0, 0.05) is 49.4 Å². The molecule has 3 aromatic rings. The average Bonchev–Trinajstić information content (AvgIpc) is 3.29. The fraction of sp³-hybridized carbons (Fsp3) is 0.455. The Morgan fingerprint density at radius 1 is 0.867 bits per heavy atom. The predicted molar refractivity (Wildman–Crippen MR) is 118 cm³/mol. The molecule has 2 saturated heterocycles. The highest BCUT2D eigenvalue weighted by Gasteiger charge is 2.21. The molecular weight excluding hydrogens is 380 g/mol. The highest BCUT2D eigenvalue weighted by Crippen LogP contribution is 2.26. The van der Waals surface area contributed by atoms with Crippen LogP contribution in [0.4, 0.5) is 23.5 Å². The summed E-state index contributed by atoms with van der Waals surface area (Å²) in [6, 6.07) is 7.23. The summed E-state index contributed by atoms with van der Waals surface area (Å²) < 4.78 is 5.38. The first-order chi connectivity index (χ1) is 14.7. The minimum absolute atomic E-state index is 0.346. The second-order valence-electron chi connectivity index (χ2n) is 8.09. The molecule has 1 N–H and O–H groups in total.